The Morgan fingerprint density at radius 3 is 2.65 bits per heavy atom. The van der Waals surface area contributed by atoms with E-state index in [1.807, 2.05) is 0 Å². The number of ether oxygens (including phenoxy) is 1. The van der Waals surface area contributed by atoms with Crippen molar-refractivity contribution in [2.45, 2.75) is 32.5 Å². The number of nitrogens with zero attached hydrogens (tertiary/aromatic N) is 1. The average Bonchev–Trinajstić information content (AvgIpc) is 2.53. The monoisotopic (exact) mass is 331 g/mol. The van der Waals surface area contributed by atoms with Crippen LogP contribution in [0.5, 0.6) is 0 Å². The molecule has 0 spiro atoms. The van der Waals surface area contributed by atoms with E-state index >= 15 is 0 Å². The molecule has 0 saturated heterocycles. The molecule has 0 heterocycles. The third-order valence-electron chi connectivity index (χ3n) is 3.12. The van der Waals surface area contributed by atoms with Crippen molar-refractivity contribution in [2.24, 2.45) is 4.99 Å². The molecule has 0 radical (unpaired) electrons. The van der Waals surface area contributed by atoms with Gasteiger partial charge in [-0.2, -0.15) is 13.2 Å². The molecule has 0 aliphatic carbocycles. The number of hydrogen-bond donors (Lipinski definition) is 2. The predicted molar refractivity (Wildman–Crippen MR) is 85.4 cm³/mol. The summed E-state index contributed by atoms with van der Waals surface area (Å²) in [5.74, 6) is 0.529. The van der Waals surface area contributed by atoms with E-state index in [0.717, 1.165) is 31.6 Å². The van der Waals surface area contributed by atoms with Crippen LogP contribution in [0.4, 0.5) is 13.2 Å². The fourth-order valence-corrected chi connectivity index (χ4v) is 1.85. The summed E-state index contributed by atoms with van der Waals surface area (Å²) >= 11 is 0. The first-order valence-electron chi connectivity index (χ1n) is 7.65. The second-order valence-corrected chi connectivity index (χ2v) is 5.02. The largest absolute Gasteiger partial charge is 0.416 e. The van der Waals surface area contributed by atoms with E-state index < -0.39 is 11.7 Å². The molecule has 0 atom stereocenters. The van der Waals surface area contributed by atoms with E-state index in [9.17, 15) is 13.2 Å². The van der Waals surface area contributed by atoms with Gasteiger partial charge in [0.1, 0.15) is 0 Å². The van der Waals surface area contributed by atoms with Gasteiger partial charge in [-0.15, -0.1) is 0 Å². The number of rotatable bonds is 8. The molecule has 0 aliphatic heterocycles. The second-order valence-electron chi connectivity index (χ2n) is 5.02. The lowest BCUT2D eigenvalue weighted by atomic mass is 10.1. The van der Waals surface area contributed by atoms with Crippen LogP contribution >= 0.6 is 0 Å². The maximum absolute atomic E-state index is 12.7. The highest BCUT2D eigenvalue weighted by molar-refractivity contribution is 5.79. The summed E-state index contributed by atoms with van der Waals surface area (Å²) in [6.45, 7) is 4.24. The molecule has 130 valence electrons. The SMILES string of the molecule is CCCCOCCNC(=NC)NCc1cccc(C(F)(F)F)c1. The number of hydrogen-bond acceptors (Lipinski definition) is 2. The van der Waals surface area contributed by atoms with Crippen LogP contribution in [-0.4, -0.2) is 32.8 Å². The van der Waals surface area contributed by atoms with Crippen molar-refractivity contribution in [3.63, 3.8) is 0 Å². The molecule has 1 rings (SSSR count). The summed E-state index contributed by atoms with van der Waals surface area (Å²) in [6, 6.07) is 5.24. The maximum atomic E-state index is 12.7. The van der Waals surface area contributed by atoms with Crippen LogP contribution in [0.25, 0.3) is 0 Å². The van der Waals surface area contributed by atoms with Crippen molar-refractivity contribution in [3.8, 4) is 0 Å². The summed E-state index contributed by atoms with van der Waals surface area (Å²) < 4.78 is 43.4. The van der Waals surface area contributed by atoms with Gasteiger partial charge in [0.15, 0.2) is 5.96 Å². The number of unbranched alkanes of at least 4 members (excludes halogenated alkanes) is 1. The first kappa shape index (κ1) is 19.3. The molecule has 0 saturated carbocycles. The van der Waals surface area contributed by atoms with Crippen LogP contribution in [0.1, 0.15) is 30.9 Å². The molecule has 4 nitrogen and oxygen atoms in total. The molecule has 0 bridgehead atoms. The topological polar surface area (TPSA) is 45.6 Å². The van der Waals surface area contributed by atoms with Crippen LogP contribution < -0.4 is 10.6 Å². The molecule has 0 aromatic heterocycles. The van der Waals surface area contributed by atoms with Gasteiger partial charge in [0.05, 0.1) is 12.2 Å². The number of benzene rings is 1. The summed E-state index contributed by atoms with van der Waals surface area (Å²) in [5, 5.41) is 6.04. The fourth-order valence-electron chi connectivity index (χ4n) is 1.85. The first-order valence-corrected chi connectivity index (χ1v) is 7.65. The standard InChI is InChI=1S/C16H24F3N3O/c1-3-4-9-23-10-8-21-15(20-2)22-12-13-6-5-7-14(11-13)16(17,18)19/h5-7,11H,3-4,8-10,12H2,1-2H3,(H2,20,21,22). The zero-order chi connectivity index (χ0) is 17.1. The quantitative estimate of drug-likeness (QED) is 0.437. The lowest BCUT2D eigenvalue weighted by Gasteiger charge is -2.13. The Labute approximate surface area is 135 Å². The zero-order valence-corrected chi connectivity index (χ0v) is 13.5. The molecule has 0 aliphatic rings. The van der Waals surface area contributed by atoms with E-state index in [1.54, 1.807) is 13.1 Å². The lowest BCUT2D eigenvalue weighted by Crippen LogP contribution is -2.38. The summed E-state index contributed by atoms with van der Waals surface area (Å²) in [4.78, 5) is 4.02. The van der Waals surface area contributed by atoms with E-state index in [0.29, 0.717) is 24.7 Å². The van der Waals surface area contributed by atoms with Gasteiger partial charge in [-0.05, 0) is 24.1 Å². The highest BCUT2D eigenvalue weighted by Crippen LogP contribution is 2.29. The minimum Gasteiger partial charge on any atom is -0.380 e. The number of halogens is 3. The van der Waals surface area contributed by atoms with E-state index in [4.69, 9.17) is 4.74 Å². The minimum absolute atomic E-state index is 0.264. The Balaban J connectivity index is 2.37. The fraction of sp³-hybridized carbons (Fsp3) is 0.562. The van der Waals surface area contributed by atoms with Crippen LogP contribution in [0, 0.1) is 0 Å². The Morgan fingerprint density at radius 2 is 2.00 bits per heavy atom. The second kappa shape index (κ2) is 10.1. The van der Waals surface area contributed by atoms with Crippen molar-refractivity contribution in [1.29, 1.82) is 0 Å². The molecule has 0 amide bonds. The molecular formula is C16H24F3N3O. The van der Waals surface area contributed by atoms with Crippen LogP contribution in [0.3, 0.4) is 0 Å². The van der Waals surface area contributed by atoms with Gasteiger partial charge in [-0.1, -0.05) is 25.5 Å². The molecule has 0 fully saturated rings. The molecule has 7 heteroatoms. The predicted octanol–water partition coefficient (Wildman–Crippen LogP) is 3.19. The number of alkyl halides is 3. The van der Waals surface area contributed by atoms with Crippen LogP contribution in [-0.2, 0) is 17.5 Å². The number of guanidine groups is 1. The van der Waals surface area contributed by atoms with E-state index in [2.05, 4.69) is 22.5 Å². The Kier molecular flexibility index (Phi) is 8.47. The molecule has 0 unspecified atom stereocenters. The van der Waals surface area contributed by atoms with Crippen molar-refractivity contribution < 1.29 is 17.9 Å². The first-order chi connectivity index (χ1) is 11.0. The zero-order valence-electron chi connectivity index (χ0n) is 13.5. The minimum atomic E-state index is -4.33. The Hall–Kier alpha value is -1.76. The Morgan fingerprint density at radius 1 is 1.22 bits per heavy atom. The van der Waals surface area contributed by atoms with Crippen molar-refractivity contribution >= 4 is 5.96 Å². The third-order valence-corrected chi connectivity index (χ3v) is 3.12. The summed E-state index contributed by atoms with van der Waals surface area (Å²) in [5.41, 5.74) is -0.106. The smallest absolute Gasteiger partial charge is 0.380 e. The highest BCUT2D eigenvalue weighted by atomic mass is 19.4. The summed E-state index contributed by atoms with van der Waals surface area (Å²) in [7, 11) is 1.61. The molecular weight excluding hydrogens is 307 g/mol. The van der Waals surface area contributed by atoms with Gasteiger partial charge < -0.3 is 15.4 Å². The molecule has 23 heavy (non-hydrogen) atoms. The normalized spacial score (nSPS) is 12.3. The van der Waals surface area contributed by atoms with Crippen molar-refractivity contribution in [2.75, 3.05) is 26.8 Å². The van der Waals surface area contributed by atoms with Crippen molar-refractivity contribution in [3.05, 3.63) is 35.4 Å². The molecule has 2 N–H and O–H groups in total. The summed E-state index contributed by atoms with van der Waals surface area (Å²) in [6.07, 6.45) is -2.21. The van der Waals surface area contributed by atoms with Crippen LogP contribution in [0.15, 0.2) is 29.3 Å². The van der Waals surface area contributed by atoms with E-state index in [-0.39, 0.29) is 6.54 Å². The van der Waals surface area contributed by atoms with Gasteiger partial charge in [0.2, 0.25) is 0 Å². The van der Waals surface area contributed by atoms with Gasteiger partial charge >= 0.3 is 6.18 Å². The maximum Gasteiger partial charge on any atom is 0.416 e. The van der Waals surface area contributed by atoms with Gasteiger partial charge in [-0.3, -0.25) is 4.99 Å². The number of aliphatic imine (C=N–C) groups is 1. The average molecular weight is 331 g/mol. The Bertz CT molecular complexity index is 490. The van der Waals surface area contributed by atoms with Gasteiger partial charge in [0.25, 0.3) is 0 Å². The number of nitrogens with one attached hydrogen (secondary N) is 2. The van der Waals surface area contributed by atoms with Crippen LogP contribution in [0.2, 0.25) is 0 Å². The van der Waals surface area contributed by atoms with Gasteiger partial charge in [-0.25, -0.2) is 0 Å². The highest BCUT2D eigenvalue weighted by Gasteiger charge is 2.30. The molecule has 1 aromatic carbocycles. The molecule has 1 aromatic rings. The van der Waals surface area contributed by atoms with Gasteiger partial charge in [0, 0.05) is 26.7 Å². The third kappa shape index (κ3) is 7.88. The van der Waals surface area contributed by atoms with Crippen molar-refractivity contribution in [1.82, 2.24) is 10.6 Å². The lowest BCUT2D eigenvalue weighted by molar-refractivity contribution is -0.137. The van der Waals surface area contributed by atoms with E-state index in [1.165, 1.54) is 6.07 Å².